The smallest absolute Gasteiger partial charge is 0.354 e. The van der Waals surface area contributed by atoms with E-state index in [0.29, 0.717) is 10.9 Å². The van der Waals surface area contributed by atoms with Gasteiger partial charge >= 0.3 is 5.97 Å². The lowest BCUT2D eigenvalue weighted by Gasteiger charge is -2.05. The zero-order valence-electron chi connectivity index (χ0n) is 11.2. The van der Waals surface area contributed by atoms with Gasteiger partial charge in [0.25, 0.3) is 0 Å². The molecule has 1 aromatic heterocycles. The average molecular weight is 259 g/mol. The number of hydrogen-bond donors (Lipinski definition) is 1. The van der Waals surface area contributed by atoms with Gasteiger partial charge < -0.3 is 9.72 Å². The molecular weight excluding hydrogens is 242 g/mol. The summed E-state index contributed by atoms with van der Waals surface area (Å²) in [6, 6.07) is 6.96. The van der Waals surface area contributed by atoms with Gasteiger partial charge in [-0.05, 0) is 31.0 Å². The molecule has 0 fully saturated rings. The van der Waals surface area contributed by atoms with Crippen LogP contribution in [0.15, 0.2) is 29.1 Å². The van der Waals surface area contributed by atoms with E-state index < -0.39 is 5.97 Å². The third kappa shape index (κ3) is 2.84. The molecule has 4 heteroatoms. The minimum atomic E-state index is -0.498. The van der Waals surface area contributed by atoms with Gasteiger partial charge in [-0.3, -0.25) is 4.79 Å². The van der Waals surface area contributed by atoms with Crippen molar-refractivity contribution in [3.63, 3.8) is 0 Å². The van der Waals surface area contributed by atoms with E-state index in [0.717, 1.165) is 18.4 Å². The van der Waals surface area contributed by atoms with Crippen LogP contribution in [0.5, 0.6) is 0 Å². The lowest BCUT2D eigenvalue weighted by Crippen LogP contribution is -2.12. The largest absolute Gasteiger partial charge is 0.461 e. The molecule has 19 heavy (non-hydrogen) atoms. The van der Waals surface area contributed by atoms with Crippen LogP contribution in [0.4, 0.5) is 0 Å². The van der Waals surface area contributed by atoms with Crippen molar-refractivity contribution in [3.05, 3.63) is 45.7 Å². The number of hydrogen-bond acceptors (Lipinski definition) is 3. The van der Waals surface area contributed by atoms with Crippen molar-refractivity contribution in [3.8, 4) is 0 Å². The second-order valence-corrected chi connectivity index (χ2v) is 4.40. The van der Waals surface area contributed by atoms with Crippen molar-refractivity contribution in [1.29, 1.82) is 0 Å². The van der Waals surface area contributed by atoms with Crippen LogP contribution in [0.3, 0.4) is 0 Å². The molecule has 2 aromatic rings. The van der Waals surface area contributed by atoms with Gasteiger partial charge in [-0.1, -0.05) is 19.4 Å². The summed E-state index contributed by atoms with van der Waals surface area (Å²) in [5.41, 5.74) is 1.86. The van der Waals surface area contributed by atoms with Crippen molar-refractivity contribution in [1.82, 2.24) is 4.98 Å². The Morgan fingerprint density at radius 3 is 2.74 bits per heavy atom. The Balaban J connectivity index is 2.53. The number of nitrogens with one attached hydrogen (secondary N) is 1. The van der Waals surface area contributed by atoms with Crippen LogP contribution in [-0.4, -0.2) is 17.6 Å². The van der Waals surface area contributed by atoms with E-state index in [1.165, 1.54) is 6.07 Å². The van der Waals surface area contributed by atoms with Gasteiger partial charge in [0.2, 0.25) is 0 Å². The molecule has 0 amide bonds. The highest BCUT2D eigenvalue weighted by molar-refractivity contribution is 5.91. The van der Waals surface area contributed by atoms with Crippen molar-refractivity contribution >= 4 is 16.9 Å². The van der Waals surface area contributed by atoms with E-state index in [9.17, 15) is 9.59 Å². The van der Waals surface area contributed by atoms with Gasteiger partial charge in [0.05, 0.1) is 12.1 Å². The fourth-order valence-corrected chi connectivity index (χ4v) is 2.06. The molecule has 0 atom stereocenters. The Bertz CT molecular complexity index is 658. The quantitative estimate of drug-likeness (QED) is 0.859. The topological polar surface area (TPSA) is 59.2 Å². The first kappa shape index (κ1) is 13.3. The Hall–Kier alpha value is -2.10. The fourth-order valence-electron chi connectivity index (χ4n) is 2.06. The highest BCUT2D eigenvalue weighted by Crippen LogP contribution is 2.13. The molecule has 0 radical (unpaired) electrons. The van der Waals surface area contributed by atoms with Crippen molar-refractivity contribution in [2.24, 2.45) is 0 Å². The second-order valence-electron chi connectivity index (χ2n) is 4.40. The molecule has 1 N–H and O–H groups in total. The maximum atomic E-state index is 11.9. The maximum Gasteiger partial charge on any atom is 0.354 e. The Morgan fingerprint density at radius 1 is 1.26 bits per heavy atom. The van der Waals surface area contributed by atoms with Gasteiger partial charge in [0.15, 0.2) is 5.43 Å². The third-order valence-electron chi connectivity index (χ3n) is 2.93. The molecule has 2 rings (SSSR count). The van der Waals surface area contributed by atoms with E-state index in [4.69, 9.17) is 4.74 Å². The van der Waals surface area contributed by atoms with Gasteiger partial charge in [-0.25, -0.2) is 4.79 Å². The normalized spacial score (nSPS) is 10.6. The van der Waals surface area contributed by atoms with Crippen LogP contribution in [-0.2, 0) is 11.2 Å². The van der Waals surface area contributed by atoms with E-state index in [-0.39, 0.29) is 17.7 Å². The number of esters is 1. The maximum absolute atomic E-state index is 11.9. The number of fused-ring (bicyclic) bond motifs is 1. The first-order valence-corrected chi connectivity index (χ1v) is 6.48. The molecule has 0 aliphatic rings. The van der Waals surface area contributed by atoms with Gasteiger partial charge in [-0.2, -0.15) is 0 Å². The molecule has 4 nitrogen and oxygen atoms in total. The van der Waals surface area contributed by atoms with Crippen LogP contribution in [0.25, 0.3) is 10.9 Å². The molecule has 1 heterocycles. The van der Waals surface area contributed by atoms with E-state index >= 15 is 0 Å². The lowest BCUT2D eigenvalue weighted by molar-refractivity contribution is 0.0520. The van der Waals surface area contributed by atoms with Crippen LogP contribution in [0.2, 0.25) is 0 Å². The minimum absolute atomic E-state index is 0.167. The lowest BCUT2D eigenvalue weighted by atomic mass is 10.1. The predicted octanol–water partition coefficient (Wildman–Crippen LogP) is 2.66. The number of pyridine rings is 1. The van der Waals surface area contributed by atoms with Crippen molar-refractivity contribution in [2.45, 2.75) is 26.7 Å². The number of carbonyl (C=O) groups excluding carboxylic acids is 1. The predicted molar refractivity (Wildman–Crippen MR) is 74.5 cm³/mol. The highest BCUT2D eigenvalue weighted by atomic mass is 16.5. The second kappa shape index (κ2) is 5.69. The molecule has 0 aliphatic carbocycles. The van der Waals surface area contributed by atoms with Crippen LogP contribution in [0, 0.1) is 0 Å². The first-order chi connectivity index (χ1) is 9.15. The van der Waals surface area contributed by atoms with E-state index in [2.05, 4.69) is 11.9 Å². The third-order valence-corrected chi connectivity index (χ3v) is 2.93. The van der Waals surface area contributed by atoms with Crippen LogP contribution < -0.4 is 5.43 Å². The van der Waals surface area contributed by atoms with E-state index in [1.807, 2.05) is 12.1 Å². The Morgan fingerprint density at radius 2 is 2.05 bits per heavy atom. The number of aromatic nitrogens is 1. The molecule has 100 valence electrons. The number of carbonyl (C=O) groups is 1. The van der Waals surface area contributed by atoms with Crippen molar-refractivity contribution < 1.29 is 9.53 Å². The summed E-state index contributed by atoms with van der Waals surface area (Å²) in [5, 5.41) is 0.591. The van der Waals surface area contributed by atoms with Gasteiger partial charge in [-0.15, -0.1) is 0 Å². The van der Waals surface area contributed by atoms with Crippen molar-refractivity contribution in [2.75, 3.05) is 6.61 Å². The summed E-state index contributed by atoms with van der Waals surface area (Å²) in [4.78, 5) is 26.6. The number of H-pyrrole nitrogens is 1. The number of ether oxygens (including phenoxy) is 1. The summed E-state index contributed by atoms with van der Waals surface area (Å²) in [7, 11) is 0. The zero-order valence-corrected chi connectivity index (χ0v) is 11.2. The van der Waals surface area contributed by atoms with Gasteiger partial charge in [0.1, 0.15) is 5.69 Å². The number of aromatic amines is 1. The summed E-state index contributed by atoms with van der Waals surface area (Å²) in [6.45, 7) is 4.12. The molecule has 0 saturated carbocycles. The summed E-state index contributed by atoms with van der Waals surface area (Å²) in [6.07, 6.45) is 1.98. The molecular formula is C15H17NO3. The SMILES string of the molecule is CCCc1ccc2c(=O)cc(C(=O)OCC)[nH]c2c1. The molecule has 1 aromatic carbocycles. The molecule has 0 aliphatic heterocycles. The molecule has 0 saturated heterocycles. The molecule has 0 unspecified atom stereocenters. The number of benzene rings is 1. The molecule has 0 spiro atoms. The fraction of sp³-hybridized carbons (Fsp3) is 0.333. The van der Waals surface area contributed by atoms with E-state index in [1.54, 1.807) is 13.0 Å². The van der Waals surface area contributed by atoms with Crippen LogP contribution >= 0.6 is 0 Å². The Labute approximate surface area is 111 Å². The van der Waals surface area contributed by atoms with Gasteiger partial charge in [0, 0.05) is 11.5 Å². The number of rotatable bonds is 4. The summed E-state index contributed by atoms with van der Waals surface area (Å²) >= 11 is 0. The summed E-state index contributed by atoms with van der Waals surface area (Å²) in [5.74, 6) is -0.498. The number of aryl methyl sites for hydroxylation is 1. The zero-order chi connectivity index (χ0) is 13.8. The minimum Gasteiger partial charge on any atom is -0.461 e. The van der Waals surface area contributed by atoms with Crippen LogP contribution in [0.1, 0.15) is 36.3 Å². The highest BCUT2D eigenvalue weighted by Gasteiger charge is 2.10. The molecule has 0 bridgehead atoms. The Kier molecular flexibility index (Phi) is 4.00. The first-order valence-electron chi connectivity index (χ1n) is 6.48. The monoisotopic (exact) mass is 259 g/mol. The summed E-state index contributed by atoms with van der Waals surface area (Å²) < 4.78 is 4.90. The average Bonchev–Trinajstić information content (AvgIpc) is 2.39. The standard InChI is InChI=1S/C15H17NO3/c1-3-5-10-6-7-11-12(8-10)16-13(9-14(11)17)15(18)19-4-2/h6-9H,3-5H2,1-2H3,(H,16,17).